The first-order valence-electron chi connectivity index (χ1n) is 6.82. The van der Waals surface area contributed by atoms with Crippen LogP contribution in [0.15, 0.2) is 59.6 Å². The van der Waals surface area contributed by atoms with Crippen LogP contribution in [0.4, 0.5) is 0 Å². The summed E-state index contributed by atoms with van der Waals surface area (Å²) in [6, 6.07) is 16.9. The molecule has 0 radical (unpaired) electrons. The van der Waals surface area contributed by atoms with E-state index in [2.05, 4.69) is 47.4 Å². The quantitative estimate of drug-likeness (QED) is 0.768. The average Bonchev–Trinajstić information content (AvgIpc) is 3.11. The van der Waals surface area contributed by atoms with E-state index in [9.17, 15) is 0 Å². The first-order chi connectivity index (χ1) is 9.90. The minimum atomic E-state index is 0.498. The zero-order valence-corrected chi connectivity index (χ0v) is 11.8. The normalized spacial score (nSPS) is 17.3. The molecule has 0 saturated carbocycles. The Bertz CT molecular complexity index is 749. The number of benzene rings is 2. The molecular formula is C17H15NOS. The topological polar surface area (TPSA) is 25.0 Å². The van der Waals surface area contributed by atoms with Crippen molar-refractivity contribution in [2.75, 3.05) is 12.4 Å². The fourth-order valence-electron chi connectivity index (χ4n) is 2.69. The highest BCUT2D eigenvalue weighted by molar-refractivity contribution is 7.99. The van der Waals surface area contributed by atoms with Crippen LogP contribution in [0, 0.1) is 0 Å². The van der Waals surface area contributed by atoms with Gasteiger partial charge in [-0.25, -0.2) is 0 Å². The van der Waals surface area contributed by atoms with Crippen LogP contribution in [0.1, 0.15) is 11.5 Å². The van der Waals surface area contributed by atoms with Gasteiger partial charge in [-0.1, -0.05) is 18.2 Å². The zero-order chi connectivity index (χ0) is 13.4. The van der Waals surface area contributed by atoms with E-state index >= 15 is 0 Å². The van der Waals surface area contributed by atoms with Crippen LogP contribution in [0.3, 0.4) is 0 Å². The van der Waals surface area contributed by atoms with Crippen LogP contribution >= 0.6 is 11.8 Å². The molecular weight excluding hydrogens is 266 g/mol. The molecule has 0 aliphatic carbocycles. The predicted molar refractivity (Wildman–Crippen MR) is 83.7 cm³/mol. The van der Waals surface area contributed by atoms with E-state index in [0.717, 1.165) is 23.6 Å². The minimum absolute atomic E-state index is 0.498. The van der Waals surface area contributed by atoms with Crippen LogP contribution in [0.25, 0.3) is 10.9 Å². The highest BCUT2D eigenvalue weighted by Gasteiger charge is 2.23. The molecule has 20 heavy (non-hydrogen) atoms. The van der Waals surface area contributed by atoms with Gasteiger partial charge in [-0.15, -0.1) is 11.8 Å². The second kappa shape index (κ2) is 4.91. The van der Waals surface area contributed by atoms with Gasteiger partial charge in [0.25, 0.3) is 0 Å². The molecule has 1 aliphatic rings. The summed E-state index contributed by atoms with van der Waals surface area (Å²) in [4.78, 5) is 4.60. The monoisotopic (exact) mass is 281 g/mol. The van der Waals surface area contributed by atoms with Crippen LogP contribution in [0.5, 0.6) is 5.75 Å². The first kappa shape index (κ1) is 11.9. The number of aromatic nitrogens is 1. The number of ether oxygens (including phenoxy) is 1. The summed E-state index contributed by atoms with van der Waals surface area (Å²) in [5.41, 5.74) is 2.58. The summed E-state index contributed by atoms with van der Waals surface area (Å²) in [6.07, 6.45) is 1.96. The maximum atomic E-state index is 6.00. The first-order valence-corrected chi connectivity index (χ1v) is 7.80. The van der Waals surface area contributed by atoms with Crippen molar-refractivity contribution in [3.63, 3.8) is 0 Å². The Labute approximate surface area is 122 Å². The third-order valence-electron chi connectivity index (χ3n) is 3.77. The van der Waals surface area contributed by atoms with Crippen molar-refractivity contribution in [1.82, 2.24) is 4.98 Å². The van der Waals surface area contributed by atoms with E-state index in [4.69, 9.17) is 4.74 Å². The second-order valence-electron chi connectivity index (χ2n) is 5.08. The Morgan fingerprint density at radius 2 is 2.10 bits per heavy atom. The molecule has 1 N–H and O–H groups in total. The highest BCUT2D eigenvalue weighted by Crippen LogP contribution is 2.39. The Balaban J connectivity index is 1.51. The third kappa shape index (κ3) is 2.08. The molecule has 1 aliphatic heterocycles. The van der Waals surface area contributed by atoms with Gasteiger partial charge in [0.15, 0.2) is 0 Å². The van der Waals surface area contributed by atoms with Gasteiger partial charge in [-0.2, -0.15) is 0 Å². The number of H-pyrrole nitrogens is 1. The van der Waals surface area contributed by atoms with Gasteiger partial charge in [0.1, 0.15) is 5.75 Å². The molecule has 100 valence electrons. The Morgan fingerprint density at radius 3 is 3.10 bits per heavy atom. The molecule has 3 aromatic rings. The van der Waals surface area contributed by atoms with Crippen LogP contribution < -0.4 is 4.74 Å². The van der Waals surface area contributed by atoms with E-state index in [-0.39, 0.29) is 0 Å². The maximum Gasteiger partial charge on any atom is 0.120 e. The number of nitrogens with one attached hydrogen (secondary N) is 1. The van der Waals surface area contributed by atoms with Gasteiger partial charge in [-0.05, 0) is 35.9 Å². The van der Waals surface area contributed by atoms with Crippen molar-refractivity contribution in [3.05, 3.63) is 60.3 Å². The van der Waals surface area contributed by atoms with E-state index < -0.39 is 0 Å². The molecule has 4 rings (SSSR count). The van der Waals surface area contributed by atoms with Crippen LogP contribution in [-0.2, 0) is 0 Å². The van der Waals surface area contributed by atoms with Crippen molar-refractivity contribution in [3.8, 4) is 5.75 Å². The molecule has 1 unspecified atom stereocenters. The lowest BCUT2D eigenvalue weighted by Crippen LogP contribution is -2.09. The SMILES string of the molecule is c1ccc2c(c1)SCC2COc1ccc2[nH]ccc2c1. The molecule has 0 spiro atoms. The summed E-state index contributed by atoms with van der Waals surface area (Å²) in [5.74, 6) is 2.57. The summed E-state index contributed by atoms with van der Waals surface area (Å²) < 4.78 is 6.00. The van der Waals surface area contributed by atoms with Crippen molar-refractivity contribution < 1.29 is 4.74 Å². The predicted octanol–water partition coefficient (Wildman–Crippen LogP) is 4.44. The Morgan fingerprint density at radius 1 is 1.15 bits per heavy atom. The average molecular weight is 281 g/mol. The summed E-state index contributed by atoms with van der Waals surface area (Å²) in [7, 11) is 0. The lowest BCUT2D eigenvalue weighted by Gasteiger charge is -2.12. The largest absolute Gasteiger partial charge is 0.493 e. The van der Waals surface area contributed by atoms with Crippen LogP contribution in [-0.4, -0.2) is 17.3 Å². The lowest BCUT2D eigenvalue weighted by molar-refractivity contribution is 0.298. The third-order valence-corrected chi connectivity index (χ3v) is 5.03. The van der Waals surface area contributed by atoms with E-state index in [0.29, 0.717) is 5.92 Å². The Hall–Kier alpha value is -1.87. The minimum Gasteiger partial charge on any atom is -0.493 e. The summed E-state index contributed by atoms with van der Waals surface area (Å²) >= 11 is 1.93. The van der Waals surface area contributed by atoms with E-state index in [1.165, 1.54) is 15.8 Å². The molecule has 0 bridgehead atoms. The number of fused-ring (bicyclic) bond motifs is 2. The number of thioether (sulfide) groups is 1. The number of rotatable bonds is 3. The highest BCUT2D eigenvalue weighted by atomic mass is 32.2. The lowest BCUT2D eigenvalue weighted by atomic mass is 10.0. The van der Waals surface area contributed by atoms with Gasteiger partial charge >= 0.3 is 0 Å². The molecule has 0 amide bonds. The molecule has 0 saturated heterocycles. The van der Waals surface area contributed by atoms with Gasteiger partial charge < -0.3 is 9.72 Å². The van der Waals surface area contributed by atoms with Gasteiger partial charge in [0.2, 0.25) is 0 Å². The van der Waals surface area contributed by atoms with E-state index in [1.54, 1.807) is 0 Å². The molecule has 3 heteroatoms. The van der Waals surface area contributed by atoms with Crippen LogP contribution in [0.2, 0.25) is 0 Å². The molecule has 0 fully saturated rings. The summed E-state index contributed by atoms with van der Waals surface area (Å²) in [5, 5.41) is 1.20. The van der Waals surface area contributed by atoms with Crippen molar-refractivity contribution in [2.24, 2.45) is 0 Å². The smallest absolute Gasteiger partial charge is 0.120 e. The molecule has 1 aromatic heterocycles. The molecule has 2 aromatic carbocycles. The number of hydrogen-bond donors (Lipinski definition) is 1. The van der Waals surface area contributed by atoms with Crippen molar-refractivity contribution in [1.29, 1.82) is 0 Å². The molecule has 2 heterocycles. The zero-order valence-electron chi connectivity index (χ0n) is 11.0. The molecule has 1 atom stereocenters. The Kier molecular flexibility index (Phi) is 2.92. The van der Waals surface area contributed by atoms with E-state index in [1.807, 2.05) is 24.0 Å². The van der Waals surface area contributed by atoms with Gasteiger partial charge in [0, 0.05) is 33.7 Å². The fourth-order valence-corrected chi connectivity index (χ4v) is 3.92. The van der Waals surface area contributed by atoms with Crippen molar-refractivity contribution >= 4 is 22.7 Å². The number of aromatic amines is 1. The van der Waals surface area contributed by atoms with Gasteiger partial charge in [-0.3, -0.25) is 0 Å². The van der Waals surface area contributed by atoms with Crippen molar-refractivity contribution in [2.45, 2.75) is 10.8 Å². The second-order valence-corrected chi connectivity index (χ2v) is 6.15. The molecule has 2 nitrogen and oxygen atoms in total. The summed E-state index contributed by atoms with van der Waals surface area (Å²) in [6.45, 7) is 0.750. The fraction of sp³-hybridized carbons (Fsp3) is 0.176. The number of hydrogen-bond acceptors (Lipinski definition) is 2. The maximum absolute atomic E-state index is 6.00. The standard InChI is InChI=1S/C17H15NOS/c1-2-4-17-15(3-1)13(11-20-17)10-19-14-5-6-16-12(9-14)7-8-18-16/h1-9,13,18H,10-11H2. The van der Waals surface area contributed by atoms with Gasteiger partial charge in [0.05, 0.1) is 6.61 Å².